The number of nitrogen functional groups attached to an aromatic ring is 1. The summed E-state index contributed by atoms with van der Waals surface area (Å²) in [6, 6.07) is 4.36. The Morgan fingerprint density at radius 3 is 2.40 bits per heavy atom. The molecule has 0 saturated heterocycles. The predicted octanol–water partition coefficient (Wildman–Crippen LogP) is 1.20. The van der Waals surface area contributed by atoms with Crippen molar-refractivity contribution in [2.24, 2.45) is 5.73 Å². The van der Waals surface area contributed by atoms with Crippen LogP contribution in [0.4, 0.5) is 5.69 Å². The normalized spacial score (nSPS) is 11.1. The first-order valence-electron chi connectivity index (χ1n) is 4.10. The molecule has 1 atom stereocenters. The maximum Gasteiger partial charge on any atom is 0.120 e. The number of aliphatic hydroxyl groups excluding tert-OH is 1. The zero-order valence-electron chi connectivity index (χ0n) is 8.09. The lowest BCUT2D eigenvalue weighted by atomic mass is 10.0. The average Bonchev–Trinajstić information content (AvgIpc) is 2.09. The van der Waals surface area contributed by atoms with Crippen LogP contribution in [-0.4, -0.2) is 16.8 Å². The molecule has 1 rings (SSSR count). The van der Waals surface area contributed by atoms with Crippen LogP contribution in [0.2, 0.25) is 0 Å². The molecule has 0 aromatic heterocycles. The number of phenolic OH excluding ortho intramolecular Hbond substituents is 1. The minimum atomic E-state index is -0.367. The third-order valence-electron chi connectivity index (χ3n) is 1.89. The van der Waals surface area contributed by atoms with Gasteiger partial charge in [0.25, 0.3) is 0 Å². The summed E-state index contributed by atoms with van der Waals surface area (Å²) in [6.07, 6.45) is 0.414. The van der Waals surface area contributed by atoms with Crippen LogP contribution in [0.1, 0.15) is 18.0 Å². The minimum absolute atomic E-state index is 0. The maximum absolute atomic E-state index is 9.41. The highest BCUT2D eigenvalue weighted by Crippen LogP contribution is 2.26. The molecule has 1 aromatic rings. The fourth-order valence-corrected chi connectivity index (χ4v) is 1.16. The fraction of sp³-hybridized carbons (Fsp3) is 0.333. The number of anilines is 1. The fourth-order valence-electron chi connectivity index (χ4n) is 1.16. The van der Waals surface area contributed by atoms with Crippen molar-refractivity contribution in [3.8, 4) is 5.75 Å². The van der Waals surface area contributed by atoms with Crippen molar-refractivity contribution in [3.05, 3.63) is 23.8 Å². The molecule has 0 amide bonds. The molecule has 6 N–H and O–H groups in total. The lowest BCUT2D eigenvalue weighted by Crippen LogP contribution is -2.12. The van der Waals surface area contributed by atoms with Crippen LogP contribution in [0.5, 0.6) is 5.75 Å². The minimum Gasteiger partial charge on any atom is -0.508 e. The van der Waals surface area contributed by atoms with Crippen molar-refractivity contribution in [3.63, 3.8) is 0 Å². The van der Waals surface area contributed by atoms with Crippen molar-refractivity contribution in [1.29, 1.82) is 0 Å². The van der Waals surface area contributed by atoms with Gasteiger partial charge in [0.15, 0.2) is 0 Å². The van der Waals surface area contributed by atoms with Crippen molar-refractivity contribution in [2.45, 2.75) is 12.5 Å². The molecule has 0 aliphatic heterocycles. The highest BCUT2D eigenvalue weighted by atomic mass is 35.5. The molecule has 88 valence electrons. The zero-order chi connectivity index (χ0) is 9.84. The summed E-state index contributed by atoms with van der Waals surface area (Å²) >= 11 is 0. The van der Waals surface area contributed by atoms with E-state index in [1.54, 1.807) is 12.1 Å². The van der Waals surface area contributed by atoms with Crippen molar-refractivity contribution < 1.29 is 10.2 Å². The molecule has 4 nitrogen and oxygen atoms in total. The quantitative estimate of drug-likeness (QED) is 0.482. The summed E-state index contributed by atoms with van der Waals surface area (Å²) in [5.74, 6) is 0.121. The molecule has 0 fully saturated rings. The van der Waals surface area contributed by atoms with Crippen LogP contribution in [0.15, 0.2) is 18.2 Å². The summed E-state index contributed by atoms with van der Waals surface area (Å²) in [5.41, 5.74) is 12.4. The Bertz CT molecular complexity index is 297. The number of aromatic hydroxyl groups is 1. The Morgan fingerprint density at radius 1 is 1.27 bits per heavy atom. The zero-order valence-corrected chi connectivity index (χ0v) is 9.72. The SMILES string of the molecule is Cl.Cl.Nc1ccc(O)c(C(N)CCO)c1. The predicted molar refractivity (Wildman–Crippen MR) is 65.6 cm³/mol. The number of rotatable bonds is 3. The Hall–Kier alpha value is -0.680. The first-order valence-corrected chi connectivity index (χ1v) is 4.10. The van der Waals surface area contributed by atoms with Crippen LogP contribution in [0.25, 0.3) is 0 Å². The maximum atomic E-state index is 9.41. The molecular formula is C9H16Cl2N2O2. The van der Waals surface area contributed by atoms with Gasteiger partial charge in [-0.05, 0) is 24.6 Å². The molecule has 0 radical (unpaired) electrons. The van der Waals surface area contributed by atoms with Gasteiger partial charge in [0.1, 0.15) is 5.75 Å². The summed E-state index contributed by atoms with van der Waals surface area (Å²) in [7, 11) is 0. The van der Waals surface area contributed by atoms with Gasteiger partial charge in [-0.1, -0.05) is 0 Å². The van der Waals surface area contributed by atoms with Crippen molar-refractivity contribution in [2.75, 3.05) is 12.3 Å². The van der Waals surface area contributed by atoms with Gasteiger partial charge in [-0.15, -0.1) is 24.8 Å². The molecule has 1 aromatic carbocycles. The summed E-state index contributed by atoms with van der Waals surface area (Å²) in [6.45, 7) is -0.00456. The van der Waals surface area contributed by atoms with E-state index in [1.807, 2.05) is 0 Å². The smallest absolute Gasteiger partial charge is 0.120 e. The second-order valence-electron chi connectivity index (χ2n) is 2.94. The molecule has 0 saturated carbocycles. The Balaban J connectivity index is 0. The highest BCUT2D eigenvalue weighted by Gasteiger charge is 2.10. The van der Waals surface area contributed by atoms with Crippen LogP contribution >= 0.6 is 24.8 Å². The van der Waals surface area contributed by atoms with Crippen LogP contribution < -0.4 is 11.5 Å². The summed E-state index contributed by atoms with van der Waals surface area (Å²) < 4.78 is 0. The largest absolute Gasteiger partial charge is 0.508 e. The molecule has 0 heterocycles. The number of hydrogen-bond donors (Lipinski definition) is 4. The topological polar surface area (TPSA) is 92.5 Å². The van der Waals surface area contributed by atoms with Crippen LogP contribution in [-0.2, 0) is 0 Å². The third-order valence-corrected chi connectivity index (χ3v) is 1.89. The summed E-state index contributed by atoms with van der Waals surface area (Å²) in [4.78, 5) is 0. The van der Waals surface area contributed by atoms with E-state index in [0.717, 1.165) is 0 Å². The number of benzene rings is 1. The Labute approximate surface area is 101 Å². The molecule has 1 unspecified atom stereocenters. The number of aliphatic hydroxyl groups is 1. The Kier molecular flexibility index (Phi) is 8.47. The summed E-state index contributed by atoms with van der Waals surface area (Å²) in [5, 5.41) is 18.1. The number of halogens is 2. The lowest BCUT2D eigenvalue weighted by molar-refractivity contribution is 0.275. The molecular weight excluding hydrogens is 239 g/mol. The standard InChI is InChI=1S/C9H14N2O2.2ClH/c10-6-1-2-9(13)7(5-6)8(11)3-4-12;;/h1-2,5,8,12-13H,3-4,10-11H2;2*1H. The van der Waals surface area contributed by atoms with E-state index in [9.17, 15) is 5.11 Å². The number of nitrogens with two attached hydrogens (primary N) is 2. The average molecular weight is 255 g/mol. The molecule has 6 heteroatoms. The van der Waals surface area contributed by atoms with Gasteiger partial charge < -0.3 is 21.7 Å². The molecule has 0 aliphatic rings. The number of phenols is 1. The van der Waals surface area contributed by atoms with Crippen LogP contribution in [0, 0.1) is 0 Å². The van der Waals surface area contributed by atoms with Gasteiger partial charge in [0.05, 0.1) is 0 Å². The van der Waals surface area contributed by atoms with Gasteiger partial charge in [-0.2, -0.15) is 0 Å². The van der Waals surface area contributed by atoms with E-state index in [2.05, 4.69) is 0 Å². The monoisotopic (exact) mass is 254 g/mol. The molecule has 0 bridgehead atoms. The Morgan fingerprint density at radius 2 is 1.87 bits per heavy atom. The molecule has 0 spiro atoms. The van der Waals surface area contributed by atoms with Crippen molar-refractivity contribution in [1.82, 2.24) is 0 Å². The third kappa shape index (κ3) is 4.57. The second-order valence-corrected chi connectivity index (χ2v) is 2.94. The van der Waals surface area contributed by atoms with Gasteiger partial charge >= 0.3 is 0 Å². The highest BCUT2D eigenvalue weighted by molar-refractivity contribution is 5.85. The van der Waals surface area contributed by atoms with E-state index >= 15 is 0 Å². The number of hydrogen-bond acceptors (Lipinski definition) is 4. The van der Waals surface area contributed by atoms with Gasteiger partial charge in [0.2, 0.25) is 0 Å². The van der Waals surface area contributed by atoms with E-state index in [4.69, 9.17) is 16.6 Å². The molecule has 0 aliphatic carbocycles. The van der Waals surface area contributed by atoms with E-state index in [0.29, 0.717) is 17.7 Å². The van der Waals surface area contributed by atoms with Gasteiger partial charge in [-0.25, -0.2) is 0 Å². The van der Waals surface area contributed by atoms with Crippen LogP contribution in [0.3, 0.4) is 0 Å². The first-order chi connectivity index (χ1) is 6.15. The second kappa shape index (κ2) is 7.59. The van der Waals surface area contributed by atoms with Crippen molar-refractivity contribution >= 4 is 30.5 Å². The van der Waals surface area contributed by atoms with Gasteiger partial charge in [0, 0.05) is 23.9 Å². The molecule has 15 heavy (non-hydrogen) atoms. The van der Waals surface area contributed by atoms with Gasteiger partial charge in [-0.3, -0.25) is 0 Å². The first kappa shape index (κ1) is 16.7. The van der Waals surface area contributed by atoms with E-state index < -0.39 is 0 Å². The van der Waals surface area contributed by atoms with E-state index in [-0.39, 0.29) is 43.2 Å². The van der Waals surface area contributed by atoms with E-state index in [1.165, 1.54) is 6.07 Å². The lowest BCUT2D eigenvalue weighted by Gasteiger charge is -2.12.